The monoisotopic (exact) mass is 368 g/mol. The molecule has 3 N–H and O–H groups in total. The van der Waals surface area contributed by atoms with Crippen molar-refractivity contribution < 1.29 is 4.79 Å². The Labute approximate surface area is 159 Å². The summed E-state index contributed by atoms with van der Waals surface area (Å²) in [7, 11) is 0. The zero-order valence-corrected chi connectivity index (χ0v) is 15.9. The van der Waals surface area contributed by atoms with Gasteiger partial charge in [0.25, 0.3) is 11.5 Å². The van der Waals surface area contributed by atoms with Crippen molar-refractivity contribution in [1.29, 1.82) is 0 Å². The van der Waals surface area contributed by atoms with Crippen molar-refractivity contribution in [2.75, 3.05) is 26.2 Å². The van der Waals surface area contributed by atoms with Crippen LogP contribution in [0.15, 0.2) is 29.3 Å². The van der Waals surface area contributed by atoms with Gasteiger partial charge in [-0.05, 0) is 63.1 Å². The summed E-state index contributed by atoms with van der Waals surface area (Å²) in [5, 5.41) is 3.33. The van der Waals surface area contributed by atoms with Crippen LogP contribution in [0.25, 0.3) is 10.9 Å². The lowest BCUT2D eigenvalue weighted by Gasteiger charge is -2.30. The van der Waals surface area contributed by atoms with Crippen molar-refractivity contribution in [3.63, 3.8) is 0 Å². The number of aromatic nitrogens is 2. The molecule has 2 aromatic heterocycles. The minimum atomic E-state index is -0.240. The smallest absolute Gasteiger partial charge is 0.258 e. The van der Waals surface area contributed by atoms with Gasteiger partial charge >= 0.3 is 0 Å². The van der Waals surface area contributed by atoms with Crippen molar-refractivity contribution in [3.8, 4) is 0 Å². The third kappa shape index (κ3) is 4.16. The molecule has 1 saturated heterocycles. The number of pyridine rings is 1. The Morgan fingerprint density at radius 3 is 2.74 bits per heavy atom. The van der Waals surface area contributed by atoms with Crippen LogP contribution in [0.4, 0.5) is 0 Å². The molecule has 4 rings (SSSR count). The summed E-state index contributed by atoms with van der Waals surface area (Å²) < 4.78 is 0. The summed E-state index contributed by atoms with van der Waals surface area (Å²) in [5.74, 6) is 1.35. The van der Waals surface area contributed by atoms with E-state index < -0.39 is 0 Å². The summed E-state index contributed by atoms with van der Waals surface area (Å²) in [6, 6.07) is 0. The van der Waals surface area contributed by atoms with E-state index in [2.05, 4.69) is 26.3 Å². The molecule has 3 heterocycles. The molecule has 0 atom stereocenters. The first-order chi connectivity index (χ1) is 13.1. The molecule has 0 spiro atoms. The molecule has 2 aliphatic rings. The Kier molecular flexibility index (Phi) is 5.16. The molecule has 6 nitrogen and oxygen atoms in total. The van der Waals surface area contributed by atoms with E-state index in [1.165, 1.54) is 45.3 Å². The van der Waals surface area contributed by atoms with E-state index in [9.17, 15) is 9.59 Å². The summed E-state index contributed by atoms with van der Waals surface area (Å²) >= 11 is 0. The molecule has 6 heteroatoms. The number of likely N-dealkylation sites (tertiary alicyclic amines) is 1. The van der Waals surface area contributed by atoms with Crippen LogP contribution >= 0.6 is 0 Å². The number of amides is 1. The number of nitrogens with zero attached hydrogens (tertiary/aromatic N) is 1. The number of allylic oxidation sites excluding steroid dienone is 1. The number of hydrogen-bond acceptors (Lipinski definition) is 3. The van der Waals surface area contributed by atoms with Crippen molar-refractivity contribution >= 4 is 16.8 Å². The normalized spacial score (nSPS) is 19.1. The Morgan fingerprint density at radius 1 is 1.22 bits per heavy atom. The number of carbonyl (C=O) groups excluding carboxylic acids is 1. The van der Waals surface area contributed by atoms with Crippen molar-refractivity contribution in [1.82, 2.24) is 20.2 Å². The van der Waals surface area contributed by atoms with Gasteiger partial charge in [0.05, 0.1) is 16.5 Å². The van der Waals surface area contributed by atoms with Crippen LogP contribution in [0.2, 0.25) is 0 Å². The van der Waals surface area contributed by atoms with Gasteiger partial charge in [-0.3, -0.25) is 9.59 Å². The van der Waals surface area contributed by atoms with Crippen LogP contribution in [0.3, 0.4) is 0 Å². The molecule has 1 aliphatic carbocycles. The zero-order chi connectivity index (χ0) is 18.8. The lowest BCUT2D eigenvalue weighted by Crippen LogP contribution is -2.34. The molecular weight excluding hydrogens is 340 g/mol. The van der Waals surface area contributed by atoms with E-state index in [-0.39, 0.29) is 11.5 Å². The number of rotatable bonds is 6. The number of aromatic amines is 2. The summed E-state index contributed by atoms with van der Waals surface area (Å²) in [6.45, 7) is 6.05. The second kappa shape index (κ2) is 7.72. The van der Waals surface area contributed by atoms with E-state index >= 15 is 0 Å². The number of aryl methyl sites for hydroxylation is 1. The number of hydrogen-bond donors (Lipinski definition) is 3. The third-order valence-corrected chi connectivity index (χ3v) is 5.80. The first kappa shape index (κ1) is 18.0. The molecule has 0 unspecified atom stereocenters. The average Bonchev–Trinajstić information content (AvgIpc) is 3.36. The fourth-order valence-electron chi connectivity index (χ4n) is 3.97. The Balaban J connectivity index is 1.28. The van der Waals surface area contributed by atoms with Crippen LogP contribution in [0.1, 0.15) is 41.6 Å². The van der Waals surface area contributed by atoms with E-state index in [1.807, 2.05) is 13.0 Å². The van der Waals surface area contributed by atoms with E-state index in [4.69, 9.17) is 0 Å². The minimum Gasteiger partial charge on any atom is -0.360 e. The van der Waals surface area contributed by atoms with Gasteiger partial charge < -0.3 is 20.2 Å². The lowest BCUT2D eigenvalue weighted by molar-refractivity contribution is 0.0959. The van der Waals surface area contributed by atoms with Crippen LogP contribution < -0.4 is 10.9 Å². The van der Waals surface area contributed by atoms with Gasteiger partial charge in [-0.15, -0.1) is 0 Å². The van der Waals surface area contributed by atoms with Crippen LogP contribution in [0.5, 0.6) is 0 Å². The maximum Gasteiger partial charge on any atom is 0.258 e. The minimum absolute atomic E-state index is 0.221. The number of H-pyrrole nitrogens is 2. The first-order valence-electron chi connectivity index (χ1n) is 9.98. The average molecular weight is 368 g/mol. The highest BCUT2D eigenvalue weighted by Gasteiger charge is 2.26. The predicted molar refractivity (Wildman–Crippen MR) is 107 cm³/mol. The molecule has 144 valence electrons. The van der Waals surface area contributed by atoms with Crippen LogP contribution in [-0.2, 0) is 0 Å². The van der Waals surface area contributed by atoms with Gasteiger partial charge in [-0.1, -0.05) is 12.2 Å². The topological polar surface area (TPSA) is 81.0 Å². The highest BCUT2D eigenvalue weighted by atomic mass is 16.2. The summed E-state index contributed by atoms with van der Waals surface area (Å²) in [4.78, 5) is 32.9. The largest absolute Gasteiger partial charge is 0.360 e. The Hall–Kier alpha value is -2.34. The summed E-state index contributed by atoms with van der Waals surface area (Å²) in [6.07, 6.45) is 12.8. The molecule has 1 saturated carbocycles. The molecule has 27 heavy (non-hydrogen) atoms. The standard InChI is InChI=1S/C21H28N4O2/c1-14-11-24-21(27)18-17(12-23-19(14)18)20(26)22-8-2-3-15-6-9-25(10-7-15)13-16-4-5-16/h2-3,11-12,15-16,23H,4-10,13H2,1H3,(H,22,26)(H,24,27)/b3-2-. The fourth-order valence-corrected chi connectivity index (χ4v) is 3.97. The maximum atomic E-state index is 12.5. The third-order valence-electron chi connectivity index (χ3n) is 5.80. The van der Waals surface area contributed by atoms with Crippen molar-refractivity contribution in [2.45, 2.75) is 32.6 Å². The van der Waals surface area contributed by atoms with Gasteiger partial charge in [0.1, 0.15) is 0 Å². The van der Waals surface area contributed by atoms with E-state index in [0.29, 0.717) is 23.4 Å². The van der Waals surface area contributed by atoms with Gasteiger partial charge in [0.15, 0.2) is 0 Å². The Morgan fingerprint density at radius 2 is 2.00 bits per heavy atom. The zero-order valence-electron chi connectivity index (χ0n) is 15.9. The number of carbonyl (C=O) groups is 1. The van der Waals surface area contributed by atoms with Crippen molar-refractivity contribution in [2.24, 2.45) is 11.8 Å². The second-order valence-corrected chi connectivity index (χ2v) is 7.97. The molecule has 0 bridgehead atoms. The molecule has 2 aromatic rings. The first-order valence-corrected chi connectivity index (χ1v) is 9.98. The van der Waals surface area contributed by atoms with Gasteiger partial charge in [-0.25, -0.2) is 0 Å². The second-order valence-electron chi connectivity index (χ2n) is 7.97. The van der Waals surface area contributed by atoms with Crippen LogP contribution in [-0.4, -0.2) is 47.0 Å². The SMILES string of the molecule is Cc1c[nH]c(=O)c2c(C(=O)NC/C=C\C3CCN(CC4CC4)CC3)c[nH]c12. The summed E-state index contributed by atoms with van der Waals surface area (Å²) in [5.41, 5.74) is 1.79. The van der Waals surface area contributed by atoms with E-state index in [0.717, 1.165) is 17.0 Å². The molecule has 1 amide bonds. The lowest BCUT2D eigenvalue weighted by atomic mass is 9.96. The molecule has 0 radical (unpaired) electrons. The fraction of sp³-hybridized carbons (Fsp3) is 0.524. The molecule has 2 fully saturated rings. The van der Waals surface area contributed by atoms with Gasteiger partial charge in [0.2, 0.25) is 0 Å². The van der Waals surface area contributed by atoms with Crippen LogP contribution in [0, 0.1) is 18.8 Å². The van der Waals surface area contributed by atoms with Gasteiger partial charge in [-0.2, -0.15) is 0 Å². The predicted octanol–water partition coefficient (Wildman–Crippen LogP) is 2.57. The quantitative estimate of drug-likeness (QED) is 0.686. The number of fused-ring (bicyclic) bond motifs is 1. The number of nitrogens with one attached hydrogen (secondary N) is 3. The maximum absolute atomic E-state index is 12.5. The Bertz CT molecular complexity index is 899. The molecule has 1 aliphatic heterocycles. The highest BCUT2D eigenvalue weighted by Crippen LogP contribution is 2.31. The van der Waals surface area contributed by atoms with Crippen molar-refractivity contribution in [3.05, 3.63) is 46.0 Å². The van der Waals surface area contributed by atoms with E-state index in [1.54, 1.807) is 12.4 Å². The molecular formula is C21H28N4O2. The van der Waals surface area contributed by atoms with Gasteiger partial charge in [0, 0.05) is 25.5 Å². The number of piperidine rings is 1. The highest BCUT2D eigenvalue weighted by molar-refractivity contribution is 6.06. The molecule has 0 aromatic carbocycles.